The zero-order valence-corrected chi connectivity index (χ0v) is 18.4. The highest BCUT2D eigenvalue weighted by Gasteiger charge is 2.24. The summed E-state index contributed by atoms with van der Waals surface area (Å²) in [5.41, 5.74) is 3.48. The molecule has 1 N–H and O–H groups in total. The van der Waals surface area contributed by atoms with E-state index in [0.717, 1.165) is 11.3 Å². The first-order valence-electron chi connectivity index (χ1n) is 9.76. The first kappa shape index (κ1) is 22.0. The predicted molar refractivity (Wildman–Crippen MR) is 117 cm³/mol. The van der Waals surface area contributed by atoms with Gasteiger partial charge in [0.1, 0.15) is 5.82 Å². The average molecular weight is 429 g/mol. The predicted octanol–water partition coefficient (Wildman–Crippen LogP) is 4.37. The van der Waals surface area contributed by atoms with Gasteiger partial charge in [0.05, 0.1) is 23.8 Å². The van der Waals surface area contributed by atoms with Crippen LogP contribution in [0.4, 0.5) is 4.39 Å². The molecule has 3 rings (SSSR count). The molecule has 0 saturated carbocycles. The quantitative estimate of drug-likeness (QED) is 0.607. The van der Waals surface area contributed by atoms with Gasteiger partial charge in [-0.05, 0) is 45.6 Å². The molecule has 158 valence electrons. The molecular formula is C23H26ClFN4O. The normalized spacial score (nSPS) is 12.2. The molecular weight excluding hydrogens is 403 g/mol. The summed E-state index contributed by atoms with van der Waals surface area (Å²) in [5.74, 6) is -0.623. The van der Waals surface area contributed by atoms with Crippen LogP contribution in [0.25, 0.3) is 0 Å². The molecule has 30 heavy (non-hydrogen) atoms. The first-order valence-corrected chi connectivity index (χ1v) is 10.1. The third-order valence-corrected chi connectivity index (χ3v) is 5.53. The Balaban J connectivity index is 1.78. The number of hydrogen-bond donors (Lipinski definition) is 1. The van der Waals surface area contributed by atoms with Gasteiger partial charge in [0.15, 0.2) is 0 Å². The van der Waals surface area contributed by atoms with E-state index in [2.05, 4.69) is 10.4 Å². The highest BCUT2D eigenvalue weighted by atomic mass is 35.5. The topological polar surface area (TPSA) is 50.2 Å². The maximum atomic E-state index is 14.4. The number of halogens is 2. The Labute approximate surface area is 181 Å². The van der Waals surface area contributed by atoms with Crippen molar-refractivity contribution in [2.75, 3.05) is 20.6 Å². The third kappa shape index (κ3) is 4.71. The molecule has 3 aromatic rings. The second-order valence-corrected chi connectivity index (χ2v) is 7.92. The largest absolute Gasteiger partial charge is 0.350 e. The van der Waals surface area contributed by atoms with Gasteiger partial charge >= 0.3 is 0 Å². The van der Waals surface area contributed by atoms with Crippen molar-refractivity contribution < 1.29 is 9.18 Å². The molecule has 0 bridgehead atoms. The second-order valence-electron chi connectivity index (χ2n) is 7.51. The highest BCUT2D eigenvalue weighted by Crippen LogP contribution is 2.28. The average Bonchev–Trinajstić information content (AvgIpc) is 2.97. The van der Waals surface area contributed by atoms with Crippen LogP contribution in [-0.4, -0.2) is 41.2 Å². The van der Waals surface area contributed by atoms with Crippen molar-refractivity contribution in [3.8, 4) is 0 Å². The maximum absolute atomic E-state index is 14.4. The molecule has 0 spiro atoms. The number of likely N-dealkylation sites (N-methyl/N-ethyl adjacent to an activating group) is 1. The highest BCUT2D eigenvalue weighted by molar-refractivity contribution is 6.31. The zero-order valence-electron chi connectivity index (χ0n) is 17.6. The van der Waals surface area contributed by atoms with Crippen molar-refractivity contribution in [3.05, 3.63) is 87.4 Å². The minimum absolute atomic E-state index is 0.217. The van der Waals surface area contributed by atoms with Gasteiger partial charge in [-0.3, -0.25) is 9.48 Å². The molecule has 0 fully saturated rings. The van der Waals surface area contributed by atoms with Crippen LogP contribution in [0.1, 0.15) is 38.9 Å². The van der Waals surface area contributed by atoms with Gasteiger partial charge in [0.25, 0.3) is 5.91 Å². The molecule has 0 aliphatic rings. The molecule has 0 aliphatic carbocycles. The van der Waals surface area contributed by atoms with Gasteiger partial charge in [0.2, 0.25) is 0 Å². The Bertz CT molecular complexity index is 1010. The standard InChI is InChI=1S/C23H26ClFN4O/c1-15-21(16(2)29(27-15)14-17-9-6-5-7-10-17)23(30)26-13-20(28(3)4)22-18(24)11-8-12-19(22)25/h5-12,20H,13-14H2,1-4H3,(H,26,30). The van der Waals surface area contributed by atoms with Gasteiger partial charge in [-0.15, -0.1) is 0 Å². The maximum Gasteiger partial charge on any atom is 0.255 e. The minimum Gasteiger partial charge on any atom is -0.350 e. The van der Waals surface area contributed by atoms with Crippen molar-refractivity contribution in [2.24, 2.45) is 0 Å². The van der Waals surface area contributed by atoms with E-state index < -0.39 is 11.9 Å². The summed E-state index contributed by atoms with van der Waals surface area (Å²) in [4.78, 5) is 14.8. The summed E-state index contributed by atoms with van der Waals surface area (Å²) in [6, 6.07) is 14.2. The Morgan fingerprint density at radius 2 is 1.87 bits per heavy atom. The van der Waals surface area contributed by atoms with Gasteiger partial charge in [-0.1, -0.05) is 48.0 Å². The molecule has 0 radical (unpaired) electrons. The van der Waals surface area contributed by atoms with E-state index in [4.69, 9.17) is 11.6 Å². The molecule has 5 nitrogen and oxygen atoms in total. The molecule has 0 aliphatic heterocycles. The number of carbonyl (C=O) groups is 1. The molecule has 1 unspecified atom stereocenters. The Morgan fingerprint density at radius 1 is 1.17 bits per heavy atom. The fourth-order valence-corrected chi connectivity index (χ4v) is 3.87. The van der Waals surface area contributed by atoms with E-state index in [0.29, 0.717) is 28.4 Å². The number of aryl methyl sites for hydroxylation is 1. The second kappa shape index (κ2) is 9.41. The summed E-state index contributed by atoms with van der Waals surface area (Å²) < 4.78 is 16.2. The van der Waals surface area contributed by atoms with Gasteiger partial charge < -0.3 is 10.2 Å². The SMILES string of the molecule is Cc1nn(Cc2ccccc2)c(C)c1C(=O)NCC(c1c(F)cccc1Cl)N(C)C. The number of nitrogens with zero attached hydrogens (tertiary/aromatic N) is 3. The number of nitrogens with one attached hydrogen (secondary N) is 1. The van der Waals surface area contributed by atoms with Crippen LogP contribution in [0.5, 0.6) is 0 Å². The van der Waals surface area contributed by atoms with Crippen LogP contribution >= 0.6 is 11.6 Å². The van der Waals surface area contributed by atoms with Crippen molar-refractivity contribution in [1.29, 1.82) is 0 Å². The third-order valence-electron chi connectivity index (χ3n) is 5.20. The lowest BCUT2D eigenvalue weighted by atomic mass is 10.0. The van der Waals surface area contributed by atoms with Crippen LogP contribution in [0.15, 0.2) is 48.5 Å². The van der Waals surface area contributed by atoms with Crippen LogP contribution in [0, 0.1) is 19.7 Å². The Kier molecular flexibility index (Phi) is 6.90. The van der Waals surface area contributed by atoms with Crippen molar-refractivity contribution in [1.82, 2.24) is 20.0 Å². The number of amides is 1. The van der Waals surface area contributed by atoms with Crippen molar-refractivity contribution >= 4 is 17.5 Å². The fourth-order valence-electron chi connectivity index (χ4n) is 3.59. The summed E-state index contributed by atoms with van der Waals surface area (Å²) in [5, 5.41) is 7.81. The smallest absolute Gasteiger partial charge is 0.255 e. The first-order chi connectivity index (χ1) is 14.3. The lowest BCUT2D eigenvalue weighted by Gasteiger charge is -2.26. The zero-order chi connectivity index (χ0) is 21.8. The number of aromatic nitrogens is 2. The molecule has 1 heterocycles. The molecule has 2 aromatic carbocycles. The molecule has 1 atom stereocenters. The number of rotatable bonds is 7. The fraction of sp³-hybridized carbons (Fsp3) is 0.304. The van der Waals surface area contributed by atoms with E-state index in [-0.39, 0.29) is 12.5 Å². The Hall–Kier alpha value is -2.70. The van der Waals surface area contributed by atoms with Crippen LogP contribution in [0.2, 0.25) is 5.02 Å². The summed E-state index contributed by atoms with van der Waals surface area (Å²) in [7, 11) is 3.65. The lowest BCUT2D eigenvalue weighted by Crippen LogP contribution is -2.35. The van der Waals surface area contributed by atoms with E-state index >= 15 is 0 Å². The summed E-state index contributed by atoms with van der Waals surface area (Å²) in [6.45, 7) is 4.51. The van der Waals surface area contributed by atoms with Crippen LogP contribution in [-0.2, 0) is 6.54 Å². The molecule has 7 heteroatoms. The molecule has 0 saturated heterocycles. The summed E-state index contributed by atoms with van der Waals surface area (Å²) in [6.07, 6.45) is 0. The minimum atomic E-state index is -0.400. The van der Waals surface area contributed by atoms with Crippen LogP contribution < -0.4 is 5.32 Å². The van der Waals surface area contributed by atoms with E-state index in [1.54, 1.807) is 12.1 Å². The number of hydrogen-bond acceptors (Lipinski definition) is 3. The lowest BCUT2D eigenvalue weighted by molar-refractivity contribution is 0.0940. The van der Waals surface area contributed by atoms with Gasteiger partial charge in [-0.25, -0.2) is 4.39 Å². The number of benzene rings is 2. The Morgan fingerprint density at radius 3 is 2.50 bits per heavy atom. The van der Waals surface area contributed by atoms with E-state index in [9.17, 15) is 9.18 Å². The van der Waals surface area contributed by atoms with Crippen molar-refractivity contribution in [3.63, 3.8) is 0 Å². The number of carbonyl (C=O) groups excluding carboxylic acids is 1. The summed E-state index contributed by atoms with van der Waals surface area (Å²) >= 11 is 6.24. The monoisotopic (exact) mass is 428 g/mol. The van der Waals surface area contributed by atoms with Gasteiger partial charge in [-0.2, -0.15) is 5.10 Å². The van der Waals surface area contributed by atoms with Crippen molar-refractivity contribution in [2.45, 2.75) is 26.4 Å². The molecule has 1 amide bonds. The van der Waals surface area contributed by atoms with E-state index in [1.165, 1.54) is 6.07 Å². The van der Waals surface area contributed by atoms with Gasteiger partial charge in [0, 0.05) is 22.8 Å². The molecule has 1 aromatic heterocycles. The van der Waals surface area contributed by atoms with Crippen LogP contribution in [0.3, 0.4) is 0 Å². The van der Waals surface area contributed by atoms with E-state index in [1.807, 2.05) is 67.9 Å².